The molecular formula is C21H19N3O3. The van der Waals surface area contributed by atoms with Crippen LogP contribution in [0.3, 0.4) is 0 Å². The third-order valence-corrected chi connectivity index (χ3v) is 3.88. The molecule has 1 heterocycles. The summed E-state index contributed by atoms with van der Waals surface area (Å²) in [6.45, 7) is 0. The Morgan fingerprint density at radius 3 is 2.48 bits per heavy atom. The highest BCUT2D eigenvalue weighted by Gasteiger charge is 2.05. The normalized spacial score (nSPS) is 10.7. The highest BCUT2D eigenvalue weighted by molar-refractivity contribution is 6.04. The van der Waals surface area contributed by atoms with E-state index in [1.807, 2.05) is 24.3 Å². The maximum Gasteiger partial charge on any atom is 0.228 e. The van der Waals surface area contributed by atoms with Gasteiger partial charge in [-0.3, -0.25) is 9.59 Å². The first kappa shape index (κ1) is 18.1. The van der Waals surface area contributed by atoms with E-state index in [0.717, 1.165) is 22.6 Å². The second kappa shape index (κ2) is 8.62. The number of amides is 1. The van der Waals surface area contributed by atoms with Crippen molar-refractivity contribution >= 4 is 23.5 Å². The molecule has 0 aliphatic rings. The van der Waals surface area contributed by atoms with E-state index in [1.54, 1.807) is 43.6 Å². The number of methoxy groups -OCH3 is 1. The molecule has 0 fully saturated rings. The number of allylic oxidation sites excluding steroid dienone is 1. The monoisotopic (exact) mass is 361 g/mol. The lowest BCUT2D eigenvalue weighted by molar-refractivity contribution is -0.115. The van der Waals surface area contributed by atoms with Gasteiger partial charge in [0.05, 0.1) is 13.5 Å². The third-order valence-electron chi connectivity index (χ3n) is 3.88. The molecule has 0 unspecified atom stereocenters. The summed E-state index contributed by atoms with van der Waals surface area (Å²) >= 11 is 0. The average molecular weight is 361 g/mol. The molecule has 0 saturated heterocycles. The van der Waals surface area contributed by atoms with Gasteiger partial charge in [-0.25, -0.2) is 4.98 Å². The van der Waals surface area contributed by atoms with Crippen molar-refractivity contribution in [2.75, 3.05) is 12.4 Å². The van der Waals surface area contributed by atoms with Gasteiger partial charge in [-0.1, -0.05) is 30.3 Å². The van der Waals surface area contributed by atoms with Crippen molar-refractivity contribution in [1.29, 1.82) is 0 Å². The lowest BCUT2D eigenvalue weighted by Crippen LogP contribution is -2.14. The van der Waals surface area contributed by atoms with Crippen LogP contribution in [0.25, 0.3) is 6.08 Å². The molecule has 0 radical (unpaired) electrons. The molecule has 2 N–H and O–H groups in total. The Bertz CT molecular complexity index is 928. The fourth-order valence-corrected chi connectivity index (χ4v) is 2.46. The minimum Gasteiger partial charge on any atom is -0.497 e. The number of carbonyl (C=O) groups is 2. The van der Waals surface area contributed by atoms with Crippen LogP contribution >= 0.6 is 0 Å². The molecule has 2 aromatic carbocycles. The van der Waals surface area contributed by atoms with Gasteiger partial charge in [0, 0.05) is 18.1 Å². The number of hydrogen-bond acceptors (Lipinski definition) is 4. The largest absolute Gasteiger partial charge is 0.497 e. The van der Waals surface area contributed by atoms with Crippen molar-refractivity contribution in [3.05, 3.63) is 84.0 Å². The minimum atomic E-state index is -0.192. The average Bonchev–Trinajstić information content (AvgIpc) is 3.23. The smallest absolute Gasteiger partial charge is 0.228 e. The van der Waals surface area contributed by atoms with E-state index in [2.05, 4.69) is 15.3 Å². The number of imidazole rings is 1. The summed E-state index contributed by atoms with van der Waals surface area (Å²) in [7, 11) is 1.60. The molecule has 3 aromatic rings. The van der Waals surface area contributed by atoms with E-state index in [9.17, 15) is 9.59 Å². The lowest BCUT2D eigenvalue weighted by Gasteiger charge is -2.06. The number of anilines is 1. The zero-order valence-corrected chi connectivity index (χ0v) is 14.8. The second-order valence-electron chi connectivity index (χ2n) is 5.83. The zero-order chi connectivity index (χ0) is 19.1. The Hall–Kier alpha value is -3.67. The van der Waals surface area contributed by atoms with E-state index in [1.165, 1.54) is 12.3 Å². The summed E-state index contributed by atoms with van der Waals surface area (Å²) in [5, 5.41) is 2.85. The van der Waals surface area contributed by atoms with Crippen LogP contribution < -0.4 is 10.1 Å². The molecule has 6 heteroatoms. The lowest BCUT2D eigenvalue weighted by atomic mass is 10.1. The van der Waals surface area contributed by atoms with Crippen molar-refractivity contribution in [3.63, 3.8) is 0 Å². The Balaban J connectivity index is 1.55. The summed E-state index contributed by atoms with van der Waals surface area (Å²) in [5.74, 6) is 0.750. The molecule has 0 aliphatic heterocycles. The minimum absolute atomic E-state index is 0.101. The predicted molar refractivity (Wildman–Crippen MR) is 104 cm³/mol. The van der Waals surface area contributed by atoms with Crippen molar-refractivity contribution in [3.8, 4) is 5.75 Å². The van der Waals surface area contributed by atoms with E-state index in [4.69, 9.17) is 4.74 Å². The van der Waals surface area contributed by atoms with Crippen molar-refractivity contribution in [2.45, 2.75) is 6.42 Å². The highest BCUT2D eigenvalue weighted by atomic mass is 16.5. The molecule has 0 atom stereocenters. The SMILES string of the molecule is COc1ccc(NC(=O)Cc2ccc(/C=C/C(=O)c3ncc[nH]3)cc2)cc1. The number of carbonyl (C=O) groups excluding carboxylic acids is 2. The number of hydrogen-bond donors (Lipinski definition) is 2. The van der Waals surface area contributed by atoms with Crippen LogP contribution in [0.5, 0.6) is 5.75 Å². The van der Waals surface area contributed by atoms with E-state index < -0.39 is 0 Å². The molecule has 1 aromatic heterocycles. The highest BCUT2D eigenvalue weighted by Crippen LogP contribution is 2.15. The van der Waals surface area contributed by atoms with Crippen LogP contribution in [0.2, 0.25) is 0 Å². The molecular weight excluding hydrogens is 342 g/mol. The summed E-state index contributed by atoms with van der Waals surface area (Å²) < 4.78 is 5.09. The van der Waals surface area contributed by atoms with E-state index in [-0.39, 0.29) is 18.1 Å². The summed E-state index contributed by atoms with van der Waals surface area (Å²) in [5.41, 5.74) is 2.47. The number of aromatic nitrogens is 2. The number of nitrogens with zero attached hydrogens (tertiary/aromatic N) is 1. The van der Waals surface area contributed by atoms with Crippen LogP contribution in [-0.4, -0.2) is 28.8 Å². The molecule has 3 rings (SSSR count). The van der Waals surface area contributed by atoms with Gasteiger partial charge in [-0.05, 0) is 41.5 Å². The maximum atomic E-state index is 12.2. The Morgan fingerprint density at radius 2 is 1.85 bits per heavy atom. The molecule has 0 bridgehead atoms. The number of ketones is 1. The summed E-state index contributed by atoms with van der Waals surface area (Å²) in [6.07, 6.45) is 6.58. The van der Waals surface area contributed by atoms with Gasteiger partial charge in [-0.2, -0.15) is 0 Å². The van der Waals surface area contributed by atoms with Crippen molar-refractivity contribution in [1.82, 2.24) is 9.97 Å². The molecule has 0 saturated carbocycles. The van der Waals surface area contributed by atoms with E-state index >= 15 is 0 Å². The first-order valence-electron chi connectivity index (χ1n) is 8.38. The summed E-state index contributed by atoms with van der Waals surface area (Å²) in [4.78, 5) is 30.7. The molecule has 27 heavy (non-hydrogen) atoms. The quantitative estimate of drug-likeness (QED) is 0.498. The maximum absolute atomic E-state index is 12.2. The van der Waals surface area contributed by atoms with Crippen molar-refractivity contribution in [2.24, 2.45) is 0 Å². The molecule has 136 valence electrons. The first-order chi connectivity index (χ1) is 13.1. The van der Waals surface area contributed by atoms with Gasteiger partial charge in [0.25, 0.3) is 0 Å². The number of aromatic amines is 1. The number of H-pyrrole nitrogens is 1. The van der Waals surface area contributed by atoms with Gasteiger partial charge in [-0.15, -0.1) is 0 Å². The Labute approximate surface area is 156 Å². The number of benzene rings is 2. The number of rotatable bonds is 7. The van der Waals surface area contributed by atoms with Crippen LogP contribution in [0.1, 0.15) is 21.7 Å². The second-order valence-corrected chi connectivity index (χ2v) is 5.83. The van der Waals surface area contributed by atoms with Gasteiger partial charge in [0.1, 0.15) is 5.75 Å². The standard InChI is InChI=1S/C21H19N3O3/c1-27-18-9-7-17(8-10-18)24-20(26)14-16-4-2-15(3-5-16)6-11-19(25)21-22-12-13-23-21/h2-13H,14H2,1H3,(H,22,23)(H,24,26)/b11-6+. The third kappa shape index (κ3) is 5.15. The zero-order valence-electron chi connectivity index (χ0n) is 14.8. The number of nitrogens with one attached hydrogen (secondary N) is 2. The van der Waals surface area contributed by atoms with Crippen LogP contribution in [-0.2, 0) is 11.2 Å². The molecule has 1 amide bonds. The molecule has 6 nitrogen and oxygen atoms in total. The van der Waals surface area contributed by atoms with Crippen LogP contribution in [0.4, 0.5) is 5.69 Å². The number of ether oxygens (including phenoxy) is 1. The Morgan fingerprint density at radius 1 is 1.11 bits per heavy atom. The summed E-state index contributed by atoms with van der Waals surface area (Å²) in [6, 6.07) is 14.6. The van der Waals surface area contributed by atoms with Gasteiger partial charge >= 0.3 is 0 Å². The van der Waals surface area contributed by atoms with Crippen LogP contribution in [0.15, 0.2) is 67.0 Å². The van der Waals surface area contributed by atoms with Gasteiger partial charge < -0.3 is 15.0 Å². The predicted octanol–water partition coefficient (Wildman–Crippen LogP) is 3.50. The van der Waals surface area contributed by atoms with Crippen LogP contribution in [0, 0.1) is 0 Å². The molecule has 0 aliphatic carbocycles. The fourth-order valence-electron chi connectivity index (χ4n) is 2.46. The fraction of sp³-hybridized carbons (Fsp3) is 0.0952. The molecule has 0 spiro atoms. The Kier molecular flexibility index (Phi) is 5.79. The van der Waals surface area contributed by atoms with Gasteiger partial charge in [0.2, 0.25) is 11.7 Å². The van der Waals surface area contributed by atoms with Crippen molar-refractivity contribution < 1.29 is 14.3 Å². The van der Waals surface area contributed by atoms with E-state index in [0.29, 0.717) is 5.82 Å². The topological polar surface area (TPSA) is 84.1 Å². The van der Waals surface area contributed by atoms with Gasteiger partial charge in [0.15, 0.2) is 5.82 Å². The first-order valence-corrected chi connectivity index (χ1v) is 8.38.